The summed E-state index contributed by atoms with van der Waals surface area (Å²) in [5.74, 6) is 0.918. The summed E-state index contributed by atoms with van der Waals surface area (Å²) >= 11 is 5.94. The van der Waals surface area contributed by atoms with Gasteiger partial charge in [-0.2, -0.15) is 0 Å². The molecule has 2 rings (SSSR count). The maximum absolute atomic E-state index is 5.94. The van der Waals surface area contributed by atoms with Gasteiger partial charge in [0.15, 0.2) is 5.96 Å². The Morgan fingerprint density at radius 1 is 1.29 bits per heavy atom. The van der Waals surface area contributed by atoms with Gasteiger partial charge in [-0.3, -0.25) is 9.89 Å². The third kappa shape index (κ3) is 6.38. The van der Waals surface area contributed by atoms with Crippen LogP contribution in [0.4, 0.5) is 0 Å². The van der Waals surface area contributed by atoms with E-state index in [2.05, 4.69) is 58.3 Å². The predicted molar refractivity (Wildman–Crippen MR) is 114 cm³/mol. The van der Waals surface area contributed by atoms with Crippen molar-refractivity contribution >= 4 is 41.5 Å². The molecular formula is C17H29ClIN5. The number of hydrogen-bond donors (Lipinski definition) is 1. The molecule has 0 bridgehead atoms. The number of halogens is 2. The Balaban J connectivity index is 0.00000288. The van der Waals surface area contributed by atoms with Crippen LogP contribution in [-0.4, -0.2) is 81.1 Å². The van der Waals surface area contributed by atoms with Gasteiger partial charge in [0.25, 0.3) is 0 Å². The molecule has 1 atom stereocenters. The van der Waals surface area contributed by atoms with Crippen molar-refractivity contribution < 1.29 is 0 Å². The fourth-order valence-electron chi connectivity index (χ4n) is 2.85. The molecule has 1 heterocycles. The molecule has 1 aromatic rings. The van der Waals surface area contributed by atoms with Crippen LogP contribution in [-0.2, 0) is 6.54 Å². The maximum atomic E-state index is 5.94. The maximum Gasteiger partial charge on any atom is 0.193 e. The van der Waals surface area contributed by atoms with Crippen molar-refractivity contribution in [1.82, 2.24) is 20.0 Å². The molecule has 0 spiro atoms. The quantitative estimate of drug-likeness (QED) is 0.420. The fraction of sp³-hybridized carbons (Fsp3) is 0.588. The van der Waals surface area contributed by atoms with Gasteiger partial charge in [0, 0.05) is 57.9 Å². The molecule has 0 amide bonds. The van der Waals surface area contributed by atoms with Crippen LogP contribution in [0.3, 0.4) is 0 Å². The highest BCUT2D eigenvalue weighted by Crippen LogP contribution is 2.11. The minimum Gasteiger partial charge on any atom is -0.355 e. The molecule has 24 heavy (non-hydrogen) atoms. The average Bonchev–Trinajstić information content (AvgIpc) is 2.53. The second-order valence-corrected chi connectivity index (χ2v) is 6.74. The van der Waals surface area contributed by atoms with E-state index in [0.29, 0.717) is 6.04 Å². The van der Waals surface area contributed by atoms with Crippen LogP contribution < -0.4 is 5.32 Å². The summed E-state index contributed by atoms with van der Waals surface area (Å²) in [4.78, 5) is 11.3. The first-order valence-corrected chi connectivity index (χ1v) is 8.42. The Bertz CT molecular complexity index is 522. The third-order valence-corrected chi connectivity index (χ3v) is 4.63. The zero-order valence-electron chi connectivity index (χ0n) is 15.0. The summed E-state index contributed by atoms with van der Waals surface area (Å²) in [7, 11) is 8.26. The summed E-state index contributed by atoms with van der Waals surface area (Å²) < 4.78 is 0. The van der Waals surface area contributed by atoms with Crippen molar-refractivity contribution in [3.8, 4) is 0 Å². The van der Waals surface area contributed by atoms with Crippen LogP contribution in [0.2, 0.25) is 5.02 Å². The number of rotatable bonds is 4. The van der Waals surface area contributed by atoms with Crippen LogP contribution in [0.1, 0.15) is 5.56 Å². The lowest BCUT2D eigenvalue weighted by molar-refractivity contribution is 0.116. The van der Waals surface area contributed by atoms with Gasteiger partial charge in [-0.25, -0.2) is 0 Å². The third-order valence-electron chi connectivity index (χ3n) is 4.38. The Kier molecular flexibility index (Phi) is 9.33. The summed E-state index contributed by atoms with van der Waals surface area (Å²) in [5.41, 5.74) is 1.22. The van der Waals surface area contributed by atoms with E-state index in [9.17, 15) is 0 Å². The molecule has 1 aliphatic rings. The zero-order chi connectivity index (χ0) is 16.8. The predicted octanol–water partition coefficient (Wildman–Crippen LogP) is 2.21. The van der Waals surface area contributed by atoms with E-state index in [1.54, 1.807) is 0 Å². The largest absolute Gasteiger partial charge is 0.355 e. The number of piperazine rings is 1. The van der Waals surface area contributed by atoms with Gasteiger partial charge in [-0.1, -0.05) is 23.7 Å². The first kappa shape index (κ1) is 21.5. The molecule has 1 aromatic carbocycles. The number of nitrogens with zero attached hydrogens (tertiary/aromatic N) is 4. The Labute approximate surface area is 168 Å². The number of benzene rings is 1. The molecule has 1 aliphatic heterocycles. The molecule has 7 heteroatoms. The van der Waals surface area contributed by atoms with E-state index in [1.807, 2.05) is 19.2 Å². The van der Waals surface area contributed by atoms with Gasteiger partial charge >= 0.3 is 0 Å². The highest BCUT2D eigenvalue weighted by molar-refractivity contribution is 14.0. The molecule has 1 fully saturated rings. The fourth-order valence-corrected chi connectivity index (χ4v) is 2.98. The van der Waals surface area contributed by atoms with Crippen LogP contribution in [0, 0.1) is 0 Å². The summed E-state index contributed by atoms with van der Waals surface area (Å²) in [5, 5.41) is 4.27. The minimum atomic E-state index is 0. The highest BCUT2D eigenvalue weighted by Gasteiger charge is 2.22. The van der Waals surface area contributed by atoms with Gasteiger partial charge in [-0.15, -0.1) is 24.0 Å². The molecule has 136 valence electrons. The van der Waals surface area contributed by atoms with E-state index < -0.39 is 0 Å². The molecular weight excluding hydrogens is 437 g/mol. The van der Waals surface area contributed by atoms with Gasteiger partial charge in [-0.05, 0) is 31.8 Å². The van der Waals surface area contributed by atoms with Crippen molar-refractivity contribution in [2.45, 2.75) is 12.6 Å². The molecule has 1 saturated heterocycles. The van der Waals surface area contributed by atoms with E-state index >= 15 is 0 Å². The van der Waals surface area contributed by atoms with Crippen molar-refractivity contribution in [3.63, 3.8) is 0 Å². The normalized spacial score (nSPS) is 19.7. The van der Waals surface area contributed by atoms with Crippen LogP contribution in [0.25, 0.3) is 0 Å². The van der Waals surface area contributed by atoms with Gasteiger partial charge in [0.05, 0.1) is 0 Å². The van der Waals surface area contributed by atoms with Gasteiger partial charge in [0.2, 0.25) is 0 Å². The van der Waals surface area contributed by atoms with Crippen molar-refractivity contribution in [2.75, 3.05) is 54.4 Å². The lowest BCUT2D eigenvalue weighted by Gasteiger charge is -2.38. The standard InChI is InChI=1S/C17H28ClN5.HI/c1-19-17(20-11-16-13-21(2)9-10-22(16)3)23(4)12-14-5-7-15(18)8-6-14;/h5-8,16H,9-13H2,1-4H3,(H,19,20);1H. The molecule has 0 radical (unpaired) electrons. The van der Waals surface area contributed by atoms with Crippen LogP contribution in [0.5, 0.6) is 0 Å². The van der Waals surface area contributed by atoms with Crippen molar-refractivity contribution in [3.05, 3.63) is 34.9 Å². The van der Waals surface area contributed by atoms with E-state index in [-0.39, 0.29) is 24.0 Å². The SMILES string of the molecule is CN=C(NCC1CN(C)CCN1C)N(C)Cc1ccc(Cl)cc1.I. The van der Waals surface area contributed by atoms with E-state index in [1.165, 1.54) is 5.56 Å². The molecule has 1 unspecified atom stereocenters. The lowest BCUT2D eigenvalue weighted by Crippen LogP contribution is -2.55. The van der Waals surface area contributed by atoms with Crippen LogP contribution >= 0.6 is 35.6 Å². The first-order valence-electron chi connectivity index (χ1n) is 8.04. The average molecular weight is 466 g/mol. The number of guanidine groups is 1. The Morgan fingerprint density at radius 3 is 2.58 bits per heavy atom. The number of hydrogen-bond acceptors (Lipinski definition) is 3. The summed E-state index contributed by atoms with van der Waals surface area (Å²) in [6.45, 7) is 5.04. The smallest absolute Gasteiger partial charge is 0.193 e. The highest BCUT2D eigenvalue weighted by atomic mass is 127. The zero-order valence-corrected chi connectivity index (χ0v) is 18.1. The number of aliphatic imine (C=N–C) groups is 1. The minimum absolute atomic E-state index is 0. The summed E-state index contributed by atoms with van der Waals surface area (Å²) in [6, 6.07) is 8.46. The molecule has 0 saturated carbocycles. The van der Waals surface area contributed by atoms with Crippen molar-refractivity contribution in [2.24, 2.45) is 4.99 Å². The second-order valence-electron chi connectivity index (χ2n) is 6.31. The topological polar surface area (TPSA) is 34.1 Å². The number of likely N-dealkylation sites (N-methyl/N-ethyl adjacent to an activating group) is 2. The van der Waals surface area contributed by atoms with Crippen LogP contribution in [0.15, 0.2) is 29.3 Å². The van der Waals surface area contributed by atoms with Gasteiger partial charge < -0.3 is 15.1 Å². The van der Waals surface area contributed by atoms with E-state index in [0.717, 1.165) is 43.7 Å². The molecule has 0 aliphatic carbocycles. The lowest BCUT2D eigenvalue weighted by atomic mass is 10.2. The Morgan fingerprint density at radius 2 is 1.96 bits per heavy atom. The second kappa shape index (κ2) is 10.4. The summed E-state index contributed by atoms with van der Waals surface area (Å²) in [6.07, 6.45) is 0. The van der Waals surface area contributed by atoms with E-state index in [4.69, 9.17) is 11.6 Å². The Hall–Kier alpha value is -0.570. The van der Waals surface area contributed by atoms with Crippen molar-refractivity contribution in [1.29, 1.82) is 0 Å². The monoisotopic (exact) mass is 465 g/mol. The first-order chi connectivity index (χ1) is 11.0. The molecule has 1 N–H and O–H groups in total. The molecule has 0 aromatic heterocycles. The molecule has 5 nitrogen and oxygen atoms in total. The number of nitrogens with one attached hydrogen (secondary N) is 1. The van der Waals surface area contributed by atoms with Gasteiger partial charge in [0.1, 0.15) is 0 Å².